The maximum atomic E-state index is 13.5. The largest absolute Gasteiger partial charge is 0.494 e. The van der Waals surface area contributed by atoms with E-state index in [4.69, 9.17) is 23.7 Å². The van der Waals surface area contributed by atoms with Gasteiger partial charge in [-0.3, -0.25) is 9.29 Å². The molecule has 13 nitrogen and oxygen atoms in total. The summed E-state index contributed by atoms with van der Waals surface area (Å²) in [5.41, 5.74) is 0.415. The molecule has 0 spiro atoms. The minimum atomic E-state index is -4.00. The zero-order valence-electron chi connectivity index (χ0n) is 21.2. The van der Waals surface area contributed by atoms with Gasteiger partial charge < -0.3 is 23.7 Å². The van der Waals surface area contributed by atoms with Crippen molar-refractivity contribution in [3.63, 3.8) is 0 Å². The quantitative estimate of drug-likeness (QED) is 0.407. The number of aromatic nitrogens is 5. The Balaban J connectivity index is 1.74. The third kappa shape index (κ3) is 5.45. The molecule has 0 radical (unpaired) electrons. The second-order valence-electron chi connectivity index (χ2n) is 8.28. The molecule has 4 rings (SSSR count). The van der Waals surface area contributed by atoms with Crippen LogP contribution in [-0.2, 0) is 19.5 Å². The average Bonchev–Trinajstić information content (AvgIpc) is 3.34. The fourth-order valence-corrected chi connectivity index (χ4v) is 5.08. The Labute approximate surface area is 215 Å². The Hall–Kier alpha value is -3.49. The Morgan fingerprint density at radius 3 is 2.27 bits per heavy atom. The highest BCUT2D eigenvalue weighted by Gasteiger charge is 2.34. The number of sulfonamides is 1. The molecule has 1 aromatic carbocycles. The minimum absolute atomic E-state index is 0.0540. The van der Waals surface area contributed by atoms with Gasteiger partial charge in [-0.15, -0.1) is 10.2 Å². The predicted molar refractivity (Wildman–Crippen MR) is 133 cm³/mol. The van der Waals surface area contributed by atoms with Crippen molar-refractivity contribution >= 4 is 16.0 Å². The van der Waals surface area contributed by atoms with Crippen molar-refractivity contribution < 1.29 is 32.1 Å². The number of rotatable bonds is 10. The van der Waals surface area contributed by atoms with Gasteiger partial charge in [0.15, 0.2) is 11.6 Å². The highest BCUT2D eigenvalue weighted by atomic mass is 32.2. The molecule has 3 atom stereocenters. The van der Waals surface area contributed by atoms with Crippen LogP contribution in [0, 0.1) is 0 Å². The van der Waals surface area contributed by atoms with Crippen molar-refractivity contribution in [2.24, 2.45) is 0 Å². The third-order valence-electron chi connectivity index (χ3n) is 6.14. The van der Waals surface area contributed by atoms with E-state index in [1.165, 1.54) is 38.3 Å². The lowest BCUT2D eigenvalue weighted by Gasteiger charge is -2.25. The molecule has 1 N–H and O–H groups in total. The van der Waals surface area contributed by atoms with Crippen molar-refractivity contribution in [2.45, 2.75) is 31.1 Å². The Morgan fingerprint density at radius 2 is 1.70 bits per heavy atom. The van der Waals surface area contributed by atoms with Crippen molar-refractivity contribution in [3.05, 3.63) is 42.2 Å². The summed E-state index contributed by atoms with van der Waals surface area (Å²) in [6, 6.07) is 5.21. The van der Waals surface area contributed by atoms with Crippen LogP contribution >= 0.6 is 0 Å². The SMILES string of the molecule is COc1cnc(C(C)C(C)S(=O)(=O)Nc2nnc([C@H]3COCCO3)n2-c2c(OC)cccc2OC)nc1. The van der Waals surface area contributed by atoms with Gasteiger partial charge in [-0.25, -0.2) is 18.4 Å². The van der Waals surface area contributed by atoms with E-state index in [2.05, 4.69) is 24.9 Å². The molecule has 1 aliphatic heterocycles. The lowest BCUT2D eigenvalue weighted by atomic mass is 10.1. The van der Waals surface area contributed by atoms with Crippen LogP contribution in [0.1, 0.15) is 37.5 Å². The van der Waals surface area contributed by atoms with Gasteiger partial charge in [-0.05, 0) is 19.1 Å². The Kier molecular flexibility index (Phi) is 8.10. The van der Waals surface area contributed by atoms with Gasteiger partial charge in [-0.2, -0.15) is 0 Å². The Morgan fingerprint density at radius 1 is 1.03 bits per heavy atom. The molecule has 0 aliphatic carbocycles. The summed E-state index contributed by atoms with van der Waals surface area (Å²) in [5, 5.41) is 7.51. The zero-order chi connectivity index (χ0) is 26.6. The molecule has 2 aromatic heterocycles. The highest BCUT2D eigenvalue weighted by Crippen LogP contribution is 2.37. The summed E-state index contributed by atoms with van der Waals surface area (Å²) in [4.78, 5) is 8.48. The molecule has 0 amide bonds. The van der Waals surface area contributed by atoms with Crippen molar-refractivity contribution in [2.75, 3.05) is 45.9 Å². The van der Waals surface area contributed by atoms with Gasteiger partial charge in [-0.1, -0.05) is 13.0 Å². The number of ether oxygens (including phenoxy) is 5. The van der Waals surface area contributed by atoms with Gasteiger partial charge >= 0.3 is 0 Å². The van der Waals surface area contributed by atoms with E-state index in [1.807, 2.05) is 0 Å². The van der Waals surface area contributed by atoms with Gasteiger partial charge in [0, 0.05) is 5.92 Å². The number of hydrogen-bond donors (Lipinski definition) is 1. The van der Waals surface area contributed by atoms with Crippen LogP contribution in [0.4, 0.5) is 5.95 Å². The first-order valence-corrected chi connectivity index (χ1v) is 13.1. The summed E-state index contributed by atoms with van der Waals surface area (Å²) in [6.45, 7) is 4.34. The molecule has 14 heteroatoms. The van der Waals surface area contributed by atoms with Crippen LogP contribution in [0.15, 0.2) is 30.6 Å². The first kappa shape index (κ1) is 26.6. The number of para-hydroxylation sites is 1. The maximum Gasteiger partial charge on any atom is 0.243 e. The molecule has 0 bridgehead atoms. The predicted octanol–water partition coefficient (Wildman–Crippen LogP) is 2.10. The molecular weight excluding hydrogens is 504 g/mol. The van der Waals surface area contributed by atoms with Crippen LogP contribution in [-0.4, -0.2) is 79.6 Å². The molecular formula is C23H30N6O7S. The molecule has 0 saturated carbocycles. The standard InChI is InChI=1S/C23H30N6O7S/c1-14(21-24-11-16(32-3)12-25-21)15(2)37(30,31)28-23-27-26-22(19-13-35-9-10-36-19)29(23)20-17(33-4)7-6-8-18(20)34-5/h6-8,11-12,14-15,19H,9-10,13H2,1-5H3,(H,27,28)/t14?,15?,19-/m1/s1. The highest BCUT2D eigenvalue weighted by molar-refractivity contribution is 7.93. The van der Waals surface area contributed by atoms with Crippen molar-refractivity contribution in [3.8, 4) is 22.9 Å². The molecule has 2 unspecified atom stereocenters. The second-order valence-corrected chi connectivity index (χ2v) is 10.3. The number of benzene rings is 1. The summed E-state index contributed by atoms with van der Waals surface area (Å²) >= 11 is 0. The van der Waals surface area contributed by atoms with Gasteiger partial charge in [0.25, 0.3) is 0 Å². The number of anilines is 1. The monoisotopic (exact) mass is 534 g/mol. The third-order valence-corrected chi connectivity index (χ3v) is 7.99. The first-order valence-electron chi connectivity index (χ1n) is 11.5. The van der Waals surface area contributed by atoms with Crippen molar-refractivity contribution in [1.29, 1.82) is 0 Å². The molecule has 37 heavy (non-hydrogen) atoms. The van der Waals surface area contributed by atoms with Crippen LogP contribution in [0.25, 0.3) is 5.69 Å². The number of hydrogen-bond acceptors (Lipinski definition) is 11. The van der Waals surface area contributed by atoms with Crippen LogP contribution in [0.2, 0.25) is 0 Å². The normalized spacial score (nSPS) is 17.6. The second kappa shape index (κ2) is 11.3. The van der Waals surface area contributed by atoms with E-state index >= 15 is 0 Å². The van der Waals surface area contributed by atoms with Crippen LogP contribution in [0.3, 0.4) is 0 Å². The fraction of sp³-hybridized carbons (Fsp3) is 0.478. The summed E-state index contributed by atoms with van der Waals surface area (Å²) in [7, 11) is 0.513. The van der Waals surface area contributed by atoms with E-state index < -0.39 is 27.3 Å². The van der Waals surface area contributed by atoms with E-state index in [0.29, 0.717) is 47.8 Å². The molecule has 1 saturated heterocycles. The first-order chi connectivity index (χ1) is 17.8. The van der Waals surface area contributed by atoms with E-state index in [1.54, 1.807) is 32.0 Å². The van der Waals surface area contributed by atoms with Crippen LogP contribution < -0.4 is 18.9 Å². The summed E-state index contributed by atoms with van der Waals surface area (Å²) in [6.07, 6.45) is 2.40. The lowest BCUT2D eigenvalue weighted by Crippen LogP contribution is -2.32. The van der Waals surface area contributed by atoms with E-state index in [9.17, 15) is 8.42 Å². The zero-order valence-corrected chi connectivity index (χ0v) is 22.1. The fourth-order valence-electron chi connectivity index (χ4n) is 3.85. The van der Waals surface area contributed by atoms with Gasteiger partial charge in [0.1, 0.15) is 29.1 Å². The molecule has 3 aromatic rings. The minimum Gasteiger partial charge on any atom is -0.494 e. The smallest absolute Gasteiger partial charge is 0.243 e. The van der Waals surface area contributed by atoms with Crippen molar-refractivity contribution in [1.82, 2.24) is 24.7 Å². The lowest BCUT2D eigenvalue weighted by molar-refractivity contribution is -0.0941. The van der Waals surface area contributed by atoms with E-state index in [-0.39, 0.29) is 12.6 Å². The Bertz CT molecular complexity index is 1290. The molecule has 1 aliphatic rings. The average molecular weight is 535 g/mol. The maximum absolute atomic E-state index is 13.5. The number of nitrogens with zero attached hydrogens (tertiary/aromatic N) is 5. The molecule has 200 valence electrons. The number of methoxy groups -OCH3 is 3. The summed E-state index contributed by atoms with van der Waals surface area (Å²) in [5.74, 6) is 1.41. The molecule has 3 heterocycles. The van der Waals surface area contributed by atoms with Gasteiger partial charge in [0.05, 0.1) is 58.8 Å². The number of nitrogens with one attached hydrogen (secondary N) is 1. The topological polar surface area (TPSA) is 149 Å². The van der Waals surface area contributed by atoms with E-state index in [0.717, 1.165) is 0 Å². The molecule has 1 fully saturated rings. The van der Waals surface area contributed by atoms with Crippen LogP contribution in [0.5, 0.6) is 17.2 Å². The summed E-state index contributed by atoms with van der Waals surface area (Å²) < 4.78 is 58.8. The van der Waals surface area contributed by atoms with Gasteiger partial charge in [0.2, 0.25) is 16.0 Å².